The van der Waals surface area contributed by atoms with E-state index in [2.05, 4.69) is 21.6 Å². The van der Waals surface area contributed by atoms with E-state index in [9.17, 15) is 4.79 Å². The fourth-order valence-corrected chi connectivity index (χ4v) is 2.42. The van der Waals surface area contributed by atoms with Crippen LogP contribution in [-0.2, 0) is 0 Å². The summed E-state index contributed by atoms with van der Waals surface area (Å²) < 4.78 is 0. The van der Waals surface area contributed by atoms with E-state index in [0.717, 1.165) is 25.9 Å². The Balaban J connectivity index is 1.79. The number of amides is 2. The fourth-order valence-electron chi connectivity index (χ4n) is 2.24. The van der Waals surface area contributed by atoms with Gasteiger partial charge in [0.15, 0.2) is 0 Å². The molecule has 0 saturated carbocycles. The minimum Gasteiger partial charge on any atom is -0.335 e. The molecule has 2 N–H and O–H groups in total. The number of nitrogens with zero attached hydrogens (tertiary/aromatic N) is 2. The Bertz CT molecular complexity index is 506. The molecular weight excluding hydrogens is 276 g/mol. The SMILES string of the molecule is N#CCN1CCC(NC(=O)Nc2ccccc2Cl)CC1. The number of para-hydroxylation sites is 1. The molecule has 0 unspecified atom stereocenters. The van der Waals surface area contributed by atoms with Crippen LogP contribution >= 0.6 is 11.6 Å². The summed E-state index contributed by atoms with van der Waals surface area (Å²) in [7, 11) is 0. The maximum absolute atomic E-state index is 11.9. The number of nitrogens with one attached hydrogen (secondary N) is 2. The first-order chi connectivity index (χ1) is 9.69. The van der Waals surface area contributed by atoms with E-state index in [1.54, 1.807) is 12.1 Å². The number of rotatable bonds is 3. The van der Waals surface area contributed by atoms with Crippen molar-refractivity contribution in [1.29, 1.82) is 5.26 Å². The molecule has 1 heterocycles. The van der Waals surface area contributed by atoms with Crippen LogP contribution in [0, 0.1) is 11.3 Å². The van der Waals surface area contributed by atoms with Gasteiger partial charge in [-0.25, -0.2) is 4.79 Å². The number of hydrogen-bond donors (Lipinski definition) is 2. The summed E-state index contributed by atoms with van der Waals surface area (Å²) in [6.07, 6.45) is 1.72. The lowest BCUT2D eigenvalue weighted by Gasteiger charge is -2.30. The first-order valence-corrected chi connectivity index (χ1v) is 6.98. The Labute approximate surface area is 123 Å². The number of halogens is 1. The lowest BCUT2D eigenvalue weighted by Crippen LogP contribution is -2.46. The molecule has 0 aromatic heterocycles. The summed E-state index contributed by atoms with van der Waals surface area (Å²) in [5.41, 5.74) is 0.605. The topological polar surface area (TPSA) is 68.2 Å². The van der Waals surface area contributed by atoms with Gasteiger partial charge in [-0.1, -0.05) is 23.7 Å². The van der Waals surface area contributed by atoms with Gasteiger partial charge in [0, 0.05) is 19.1 Å². The van der Waals surface area contributed by atoms with Crippen LogP contribution in [0.1, 0.15) is 12.8 Å². The Morgan fingerprint density at radius 2 is 2.10 bits per heavy atom. The van der Waals surface area contributed by atoms with Gasteiger partial charge in [-0.3, -0.25) is 4.90 Å². The third-order valence-corrected chi connectivity index (χ3v) is 3.67. The molecule has 1 fully saturated rings. The summed E-state index contributed by atoms with van der Waals surface area (Å²) in [6, 6.07) is 9.18. The van der Waals surface area contributed by atoms with Crippen LogP contribution in [0.4, 0.5) is 10.5 Å². The van der Waals surface area contributed by atoms with Gasteiger partial charge in [-0.15, -0.1) is 0 Å². The van der Waals surface area contributed by atoms with Crippen LogP contribution in [0.5, 0.6) is 0 Å². The number of nitriles is 1. The summed E-state index contributed by atoms with van der Waals surface area (Å²) >= 11 is 5.99. The van der Waals surface area contributed by atoms with Crippen molar-refractivity contribution in [2.75, 3.05) is 25.0 Å². The molecule has 106 valence electrons. The van der Waals surface area contributed by atoms with Crippen molar-refractivity contribution in [2.24, 2.45) is 0 Å². The second-order valence-corrected chi connectivity index (χ2v) is 5.19. The lowest BCUT2D eigenvalue weighted by atomic mass is 10.1. The quantitative estimate of drug-likeness (QED) is 0.841. The highest BCUT2D eigenvalue weighted by Crippen LogP contribution is 2.20. The van der Waals surface area contributed by atoms with E-state index in [4.69, 9.17) is 16.9 Å². The zero-order valence-corrected chi connectivity index (χ0v) is 11.9. The maximum Gasteiger partial charge on any atom is 0.319 e. The second-order valence-electron chi connectivity index (χ2n) is 4.79. The van der Waals surface area contributed by atoms with Crippen molar-refractivity contribution in [3.8, 4) is 6.07 Å². The third-order valence-electron chi connectivity index (χ3n) is 3.34. The predicted octanol–water partition coefficient (Wildman–Crippen LogP) is 2.45. The first-order valence-electron chi connectivity index (χ1n) is 6.60. The maximum atomic E-state index is 11.9. The van der Waals surface area contributed by atoms with Gasteiger partial charge >= 0.3 is 6.03 Å². The van der Waals surface area contributed by atoms with Gasteiger partial charge in [0.2, 0.25) is 0 Å². The Morgan fingerprint density at radius 1 is 1.40 bits per heavy atom. The summed E-state index contributed by atoms with van der Waals surface area (Å²) in [5, 5.41) is 14.8. The number of carbonyl (C=O) groups is 1. The van der Waals surface area contributed by atoms with Gasteiger partial charge in [0.05, 0.1) is 23.3 Å². The smallest absolute Gasteiger partial charge is 0.319 e. The molecule has 2 amide bonds. The molecule has 1 aliphatic heterocycles. The van der Waals surface area contributed by atoms with E-state index in [1.807, 2.05) is 12.1 Å². The zero-order valence-electron chi connectivity index (χ0n) is 11.1. The lowest BCUT2D eigenvalue weighted by molar-refractivity contribution is 0.211. The van der Waals surface area contributed by atoms with Crippen molar-refractivity contribution >= 4 is 23.3 Å². The molecule has 0 aliphatic carbocycles. The molecule has 1 aromatic carbocycles. The van der Waals surface area contributed by atoms with Crippen molar-refractivity contribution in [3.05, 3.63) is 29.3 Å². The molecule has 1 aliphatic rings. The van der Waals surface area contributed by atoms with Crippen molar-refractivity contribution in [1.82, 2.24) is 10.2 Å². The Kier molecular flexibility index (Phi) is 5.22. The van der Waals surface area contributed by atoms with Crippen LogP contribution in [0.2, 0.25) is 5.02 Å². The molecule has 2 rings (SSSR count). The number of piperidine rings is 1. The first kappa shape index (κ1) is 14.6. The summed E-state index contributed by atoms with van der Waals surface area (Å²) in [4.78, 5) is 14.0. The fraction of sp³-hybridized carbons (Fsp3) is 0.429. The minimum absolute atomic E-state index is 0.146. The number of anilines is 1. The zero-order chi connectivity index (χ0) is 14.4. The molecule has 6 heteroatoms. The van der Waals surface area contributed by atoms with Crippen molar-refractivity contribution < 1.29 is 4.79 Å². The average molecular weight is 293 g/mol. The number of likely N-dealkylation sites (tertiary alicyclic amines) is 1. The van der Waals surface area contributed by atoms with E-state index in [-0.39, 0.29) is 12.1 Å². The predicted molar refractivity (Wildman–Crippen MR) is 78.7 cm³/mol. The third kappa shape index (κ3) is 4.12. The number of urea groups is 1. The van der Waals surface area contributed by atoms with Gasteiger partial charge in [-0.05, 0) is 25.0 Å². The van der Waals surface area contributed by atoms with E-state index >= 15 is 0 Å². The molecule has 0 radical (unpaired) electrons. The van der Waals surface area contributed by atoms with Crippen LogP contribution < -0.4 is 10.6 Å². The highest BCUT2D eigenvalue weighted by atomic mass is 35.5. The van der Waals surface area contributed by atoms with Crippen molar-refractivity contribution in [2.45, 2.75) is 18.9 Å². The second kappa shape index (κ2) is 7.13. The number of hydrogen-bond acceptors (Lipinski definition) is 3. The normalized spacial score (nSPS) is 16.4. The van der Waals surface area contributed by atoms with Crippen LogP contribution in [0.25, 0.3) is 0 Å². The van der Waals surface area contributed by atoms with Gasteiger partial charge in [-0.2, -0.15) is 5.26 Å². The molecule has 20 heavy (non-hydrogen) atoms. The highest BCUT2D eigenvalue weighted by Gasteiger charge is 2.20. The number of carbonyl (C=O) groups excluding carboxylic acids is 1. The molecule has 0 atom stereocenters. The minimum atomic E-state index is -0.239. The standard InChI is InChI=1S/C14H17ClN4O/c15-12-3-1-2-4-13(12)18-14(20)17-11-5-8-19(9-6-11)10-7-16/h1-4,11H,5-6,8-10H2,(H2,17,18,20). The Morgan fingerprint density at radius 3 is 2.75 bits per heavy atom. The van der Waals surface area contributed by atoms with E-state index in [1.165, 1.54) is 0 Å². The molecular formula is C14H17ClN4O. The monoisotopic (exact) mass is 292 g/mol. The van der Waals surface area contributed by atoms with E-state index < -0.39 is 0 Å². The average Bonchev–Trinajstić information content (AvgIpc) is 2.44. The molecule has 5 nitrogen and oxygen atoms in total. The molecule has 0 spiro atoms. The van der Waals surface area contributed by atoms with Crippen LogP contribution in [-0.4, -0.2) is 36.6 Å². The molecule has 1 saturated heterocycles. The van der Waals surface area contributed by atoms with Gasteiger partial charge in [0.25, 0.3) is 0 Å². The molecule has 0 bridgehead atoms. The summed E-state index contributed by atoms with van der Waals surface area (Å²) in [6.45, 7) is 2.13. The van der Waals surface area contributed by atoms with Crippen LogP contribution in [0.3, 0.4) is 0 Å². The molecule has 1 aromatic rings. The largest absolute Gasteiger partial charge is 0.335 e. The Hall–Kier alpha value is -1.77. The van der Waals surface area contributed by atoms with E-state index in [0.29, 0.717) is 17.3 Å². The highest BCUT2D eigenvalue weighted by molar-refractivity contribution is 6.33. The van der Waals surface area contributed by atoms with Gasteiger partial charge in [0.1, 0.15) is 0 Å². The van der Waals surface area contributed by atoms with Crippen molar-refractivity contribution in [3.63, 3.8) is 0 Å². The van der Waals surface area contributed by atoms with Gasteiger partial charge < -0.3 is 10.6 Å². The van der Waals surface area contributed by atoms with Crippen LogP contribution in [0.15, 0.2) is 24.3 Å². The summed E-state index contributed by atoms with van der Waals surface area (Å²) in [5.74, 6) is 0. The number of benzene rings is 1.